The predicted molar refractivity (Wildman–Crippen MR) is 94.9 cm³/mol. The second kappa shape index (κ2) is 7.48. The van der Waals surface area contributed by atoms with Gasteiger partial charge >= 0.3 is 0 Å². The van der Waals surface area contributed by atoms with Crippen molar-refractivity contribution < 1.29 is 4.74 Å². The third kappa shape index (κ3) is 3.70. The number of ether oxygens (including phenoxy) is 1. The molecule has 0 aromatic heterocycles. The lowest BCUT2D eigenvalue weighted by molar-refractivity contribution is 0.400. The summed E-state index contributed by atoms with van der Waals surface area (Å²) in [5.41, 5.74) is 2.58. The topological polar surface area (TPSA) is 12.5 Å². The highest BCUT2D eigenvalue weighted by Crippen LogP contribution is 2.25. The van der Waals surface area contributed by atoms with E-state index < -0.39 is 0 Å². The van der Waals surface area contributed by atoms with Gasteiger partial charge in [0, 0.05) is 10.8 Å². The Hall–Kier alpha value is -1.77. The summed E-state index contributed by atoms with van der Waals surface area (Å²) in [4.78, 5) is 2.23. The summed E-state index contributed by atoms with van der Waals surface area (Å²) in [5, 5.41) is 2.35. The largest absolute Gasteiger partial charge is 0.464 e. The fourth-order valence-electron chi connectivity index (χ4n) is 2.69. The third-order valence-electron chi connectivity index (χ3n) is 3.82. The van der Waals surface area contributed by atoms with E-state index in [9.17, 15) is 0 Å². The summed E-state index contributed by atoms with van der Waals surface area (Å²) in [7, 11) is 4.23. The Bertz CT molecular complexity index is 752. The first-order valence-electron chi connectivity index (χ1n) is 7.44. The minimum atomic E-state index is 0. The number of rotatable bonds is 4. The molecule has 0 atom stereocenters. The zero-order chi connectivity index (χ0) is 14.7. The molecule has 0 saturated heterocycles. The molecule has 2 aromatic carbocycles. The maximum Gasteiger partial charge on any atom is 0.134 e. The van der Waals surface area contributed by atoms with Crippen LogP contribution >= 0.6 is 12.4 Å². The molecule has 0 fully saturated rings. The van der Waals surface area contributed by atoms with E-state index in [1.807, 2.05) is 18.4 Å². The molecule has 1 aliphatic heterocycles. The van der Waals surface area contributed by atoms with Crippen LogP contribution in [0.25, 0.3) is 12.3 Å². The van der Waals surface area contributed by atoms with Crippen LogP contribution in [-0.4, -0.2) is 25.5 Å². The number of nitrogens with zero attached hydrogens (tertiary/aromatic N) is 1. The highest BCUT2D eigenvalue weighted by atomic mass is 35.5. The summed E-state index contributed by atoms with van der Waals surface area (Å²) in [6.07, 6.45) is 6.33. The second-order valence-electron chi connectivity index (χ2n) is 5.74. The summed E-state index contributed by atoms with van der Waals surface area (Å²) >= 11 is 0. The molecule has 0 N–H and O–H groups in total. The zero-order valence-electron chi connectivity index (χ0n) is 13.1. The smallest absolute Gasteiger partial charge is 0.134 e. The highest BCUT2D eigenvalue weighted by molar-refractivity contribution is 5.85. The van der Waals surface area contributed by atoms with E-state index in [-0.39, 0.29) is 12.4 Å². The van der Waals surface area contributed by atoms with Crippen LogP contribution in [0.1, 0.15) is 17.5 Å². The monoisotopic (exact) mass is 315 g/mol. The van der Waals surface area contributed by atoms with Gasteiger partial charge in [0.05, 0.1) is 6.26 Å². The fourth-order valence-corrected chi connectivity index (χ4v) is 2.69. The number of hydrogen-bond donors (Lipinski definition) is 0. The molecule has 3 heteroatoms. The van der Waals surface area contributed by atoms with Gasteiger partial charge in [0.1, 0.15) is 5.75 Å². The van der Waals surface area contributed by atoms with Crippen LogP contribution in [0.5, 0.6) is 5.75 Å². The summed E-state index contributed by atoms with van der Waals surface area (Å²) in [6, 6.07) is 14.7. The Kier molecular flexibility index (Phi) is 5.64. The lowest BCUT2D eigenvalue weighted by atomic mass is 10.0. The number of fused-ring (bicyclic) bond motifs is 2. The van der Waals surface area contributed by atoms with Crippen LogP contribution in [0.15, 0.2) is 42.5 Å². The van der Waals surface area contributed by atoms with Crippen LogP contribution in [0.4, 0.5) is 0 Å². The summed E-state index contributed by atoms with van der Waals surface area (Å²) < 4.78 is 5.88. The maximum absolute atomic E-state index is 5.88. The highest BCUT2D eigenvalue weighted by Gasteiger charge is 2.09. The minimum Gasteiger partial charge on any atom is -0.464 e. The molecule has 116 valence electrons. The molecule has 0 saturated carbocycles. The van der Waals surface area contributed by atoms with Crippen molar-refractivity contribution in [1.29, 1.82) is 0 Å². The third-order valence-corrected chi connectivity index (χ3v) is 3.82. The van der Waals surface area contributed by atoms with Gasteiger partial charge in [-0.05, 0) is 56.4 Å². The molecule has 2 nitrogen and oxygen atoms in total. The fraction of sp³-hybridized carbons (Fsp3) is 0.263. The number of hydrogen-bond acceptors (Lipinski definition) is 2. The van der Waals surface area contributed by atoms with Crippen molar-refractivity contribution in [3.63, 3.8) is 0 Å². The molecule has 22 heavy (non-hydrogen) atoms. The Labute approximate surface area is 138 Å². The lowest BCUT2D eigenvalue weighted by Crippen LogP contribution is -2.23. The first kappa shape index (κ1) is 16.6. The van der Waals surface area contributed by atoms with Gasteiger partial charge in [-0.15, -0.1) is 12.4 Å². The van der Waals surface area contributed by atoms with Gasteiger partial charge in [0.15, 0.2) is 0 Å². The van der Waals surface area contributed by atoms with Gasteiger partial charge in [-0.25, -0.2) is 0 Å². The van der Waals surface area contributed by atoms with Crippen molar-refractivity contribution in [2.75, 3.05) is 20.6 Å². The van der Waals surface area contributed by atoms with E-state index in [0.717, 1.165) is 30.4 Å². The van der Waals surface area contributed by atoms with Crippen molar-refractivity contribution in [1.82, 2.24) is 4.90 Å². The zero-order valence-corrected chi connectivity index (χ0v) is 13.9. The van der Waals surface area contributed by atoms with Crippen molar-refractivity contribution >= 4 is 24.7 Å². The van der Waals surface area contributed by atoms with Crippen molar-refractivity contribution in [3.8, 4) is 5.75 Å². The Morgan fingerprint density at radius 1 is 0.955 bits per heavy atom. The van der Waals surface area contributed by atoms with Gasteiger partial charge in [-0.3, -0.25) is 0 Å². The molecule has 1 heterocycles. The molecule has 0 spiro atoms. The van der Waals surface area contributed by atoms with Gasteiger partial charge < -0.3 is 9.64 Å². The molecular weight excluding hydrogens is 294 g/mol. The molecule has 0 aliphatic carbocycles. The number of halogens is 1. The molecule has 0 amide bonds. The van der Waals surface area contributed by atoms with Crippen LogP contribution in [0.2, 0.25) is 0 Å². The maximum atomic E-state index is 5.88. The van der Waals surface area contributed by atoms with Gasteiger partial charge in [-0.1, -0.05) is 36.4 Å². The van der Waals surface area contributed by atoms with Crippen LogP contribution in [0, 0.1) is 0 Å². The van der Waals surface area contributed by atoms with E-state index in [2.05, 4.69) is 55.4 Å². The van der Waals surface area contributed by atoms with E-state index in [1.54, 1.807) is 0 Å². The SMILES string of the molecule is CN(C)CCCc1cccc2c1C=c1ccccc1=CO2.Cl. The molecule has 0 bridgehead atoms. The Morgan fingerprint density at radius 3 is 2.50 bits per heavy atom. The van der Waals surface area contributed by atoms with E-state index in [0.29, 0.717) is 0 Å². The van der Waals surface area contributed by atoms with E-state index >= 15 is 0 Å². The average Bonchev–Trinajstić information content (AvgIpc) is 2.67. The minimum absolute atomic E-state index is 0. The molecule has 3 rings (SSSR count). The number of aryl methyl sites for hydroxylation is 1. The summed E-state index contributed by atoms with van der Waals surface area (Å²) in [6.45, 7) is 1.10. The Balaban J connectivity index is 0.00000176. The van der Waals surface area contributed by atoms with Crippen molar-refractivity contribution in [3.05, 3.63) is 64.0 Å². The lowest BCUT2D eigenvalue weighted by Gasteiger charge is -2.12. The molecular formula is C19H22ClNO. The van der Waals surface area contributed by atoms with Crippen LogP contribution in [-0.2, 0) is 6.42 Å². The molecule has 0 unspecified atom stereocenters. The van der Waals surface area contributed by atoms with E-state index in [4.69, 9.17) is 4.74 Å². The van der Waals surface area contributed by atoms with Crippen molar-refractivity contribution in [2.24, 2.45) is 0 Å². The quantitative estimate of drug-likeness (QED) is 0.860. The first-order chi connectivity index (χ1) is 10.2. The standard InChI is InChI=1S/C19H21NO.ClH/c1-20(2)12-6-10-15-9-5-11-19-18(15)13-16-7-3-4-8-17(16)14-21-19;/h3-5,7-9,11,13-14H,6,10,12H2,1-2H3;1H. The van der Waals surface area contributed by atoms with E-state index in [1.165, 1.54) is 16.3 Å². The molecule has 0 radical (unpaired) electrons. The van der Waals surface area contributed by atoms with Gasteiger partial charge in [-0.2, -0.15) is 0 Å². The van der Waals surface area contributed by atoms with Crippen molar-refractivity contribution in [2.45, 2.75) is 12.8 Å². The normalized spacial score (nSPS) is 12.0. The van der Waals surface area contributed by atoms with Gasteiger partial charge in [0.25, 0.3) is 0 Å². The first-order valence-corrected chi connectivity index (χ1v) is 7.44. The van der Waals surface area contributed by atoms with Gasteiger partial charge in [0.2, 0.25) is 0 Å². The average molecular weight is 316 g/mol. The molecule has 2 aromatic rings. The number of benzene rings is 2. The van der Waals surface area contributed by atoms with Crippen LogP contribution < -0.4 is 15.2 Å². The molecule has 1 aliphatic rings. The van der Waals surface area contributed by atoms with Crippen LogP contribution in [0.3, 0.4) is 0 Å². The summed E-state index contributed by atoms with van der Waals surface area (Å²) in [5.74, 6) is 0.952. The second-order valence-corrected chi connectivity index (χ2v) is 5.74. The Morgan fingerprint density at radius 2 is 1.73 bits per heavy atom. The predicted octanol–water partition coefficient (Wildman–Crippen LogP) is 2.56.